The Morgan fingerprint density at radius 3 is 2.46 bits per heavy atom. The van der Waals surface area contributed by atoms with E-state index in [1.54, 1.807) is 37.5 Å². The molecule has 15 nitrogen and oxygen atoms in total. The first-order valence-electron chi connectivity index (χ1n) is 16.6. The topological polar surface area (TPSA) is 183 Å². The SMILES string of the molecule is CC1CN(C2CCC(n3cc(Nc4ncc(-c5ccc(C#N)c(O[C@@H](C)CN(C=N)N=N)c5)cn4)c(OCCOC(F)F)n3)CC2)C[C@H](C)O1. The number of anilines is 2. The molecule has 2 aromatic heterocycles. The highest BCUT2D eigenvalue weighted by Gasteiger charge is 2.32. The van der Waals surface area contributed by atoms with Crippen LogP contribution in [0.2, 0.25) is 0 Å². The summed E-state index contributed by atoms with van der Waals surface area (Å²) in [6, 6.07) is 7.86. The summed E-state index contributed by atoms with van der Waals surface area (Å²) in [5.41, 5.74) is 9.32. The predicted molar refractivity (Wildman–Crippen MR) is 179 cm³/mol. The van der Waals surface area contributed by atoms with Crippen LogP contribution in [0.25, 0.3) is 11.1 Å². The van der Waals surface area contributed by atoms with Gasteiger partial charge in [-0.2, -0.15) is 19.6 Å². The molecule has 3 aromatic rings. The summed E-state index contributed by atoms with van der Waals surface area (Å²) in [5.74, 6) is 0.838. The van der Waals surface area contributed by atoms with Crippen molar-refractivity contribution in [3.05, 3.63) is 42.4 Å². The molecule has 1 aliphatic carbocycles. The van der Waals surface area contributed by atoms with E-state index in [2.05, 4.69) is 55.2 Å². The summed E-state index contributed by atoms with van der Waals surface area (Å²) in [7, 11) is 0. The Morgan fingerprint density at radius 1 is 1.12 bits per heavy atom. The first-order valence-corrected chi connectivity index (χ1v) is 16.6. The second-order valence-corrected chi connectivity index (χ2v) is 12.5. The van der Waals surface area contributed by atoms with E-state index >= 15 is 0 Å². The number of benzene rings is 1. The molecule has 3 atom stereocenters. The van der Waals surface area contributed by atoms with Gasteiger partial charge < -0.3 is 24.3 Å². The lowest BCUT2D eigenvalue weighted by Crippen LogP contribution is -2.51. The van der Waals surface area contributed by atoms with Gasteiger partial charge in [-0.05, 0) is 64.2 Å². The third-order valence-corrected chi connectivity index (χ3v) is 8.65. The number of rotatable bonds is 16. The largest absolute Gasteiger partial charge is 0.487 e. The van der Waals surface area contributed by atoms with Crippen molar-refractivity contribution in [2.75, 3.05) is 38.2 Å². The Bertz CT molecular complexity index is 1590. The number of alkyl halides is 2. The molecule has 1 saturated carbocycles. The van der Waals surface area contributed by atoms with E-state index in [9.17, 15) is 14.0 Å². The van der Waals surface area contributed by atoms with Gasteiger partial charge in [0.05, 0.1) is 43.2 Å². The summed E-state index contributed by atoms with van der Waals surface area (Å²) in [6.45, 7) is 4.70. The third kappa shape index (κ3) is 9.67. The molecule has 5 rings (SSSR count). The molecule has 50 heavy (non-hydrogen) atoms. The molecule has 1 aromatic carbocycles. The summed E-state index contributed by atoms with van der Waals surface area (Å²) in [6.07, 6.45) is 9.88. The molecule has 0 spiro atoms. The normalized spacial score (nSPS) is 21.6. The summed E-state index contributed by atoms with van der Waals surface area (Å²) < 4.78 is 49.0. The van der Waals surface area contributed by atoms with E-state index in [-0.39, 0.29) is 49.8 Å². The second kappa shape index (κ2) is 17.2. The van der Waals surface area contributed by atoms with Crippen LogP contribution in [-0.4, -0.2) is 99.8 Å². The van der Waals surface area contributed by atoms with Crippen molar-refractivity contribution in [1.82, 2.24) is 29.7 Å². The molecule has 1 unspecified atom stereocenters. The molecular formula is C33H43F2N11O4. The fourth-order valence-electron chi connectivity index (χ4n) is 6.43. The Kier molecular flexibility index (Phi) is 12.6. The zero-order chi connectivity index (χ0) is 35.6. The molecule has 2 aliphatic rings. The van der Waals surface area contributed by atoms with Crippen LogP contribution in [0.3, 0.4) is 0 Å². The second-order valence-electron chi connectivity index (χ2n) is 12.5. The van der Waals surface area contributed by atoms with E-state index in [0.717, 1.165) is 50.1 Å². The van der Waals surface area contributed by atoms with Crippen LogP contribution in [0, 0.1) is 22.3 Å². The van der Waals surface area contributed by atoms with E-state index in [1.165, 1.54) is 0 Å². The number of ether oxygens (including phenoxy) is 4. The smallest absolute Gasteiger partial charge is 0.345 e. The Morgan fingerprint density at radius 2 is 1.82 bits per heavy atom. The van der Waals surface area contributed by atoms with Crippen molar-refractivity contribution >= 4 is 18.0 Å². The van der Waals surface area contributed by atoms with Crippen LogP contribution in [-0.2, 0) is 9.47 Å². The zero-order valence-electron chi connectivity index (χ0n) is 28.3. The van der Waals surface area contributed by atoms with Gasteiger partial charge in [0.15, 0.2) is 0 Å². The highest BCUT2D eigenvalue weighted by Crippen LogP contribution is 2.35. The lowest BCUT2D eigenvalue weighted by molar-refractivity contribution is -0.133. The van der Waals surface area contributed by atoms with E-state index in [4.69, 9.17) is 25.2 Å². The molecule has 1 saturated heterocycles. The average molecular weight is 696 g/mol. The fraction of sp³-hybridized carbons (Fsp3) is 0.545. The molecule has 0 bridgehead atoms. The van der Waals surface area contributed by atoms with Crippen LogP contribution < -0.4 is 14.8 Å². The van der Waals surface area contributed by atoms with Gasteiger partial charge in [0.25, 0.3) is 5.88 Å². The minimum absolute atomic E-state index is 0.116. The van der Waals surface area contributed by atoms with Gasteiger partial charge in [-0.15, -0.1) is 5.10 Å². The number of halogens is 2. The highest BCUT2D eigenvalue weighted by atomic mass is 19.3. The molecule has 3 N–H and O–H groups in total. The van der Waals surface area contributed by atoms with Crippen molar-refractivity contribution in [2.24, 2.45) is 5.22 Å². The minimum atomic E-state index is -2.89. The Balaban J connectivity index is 1.27. The average Bonchev–Trinajstić information content (AvgIpc) is 3.51. The molecule has 2 fully saturated rings. The Hall–Kier alpha value is -4.79. The van der Waals surface area contributed by atoms with E-state index in [0.29, 0.717) is 34.2 Å². The molecule has 17 heteroatoms. The number of hydrogen-bond acceptors (Lipinski definition) is 13. The van der Waals surface area contributed by atoms with Crippen molar-refractivity contribution in [3.8, 4) is 28.8 Å². The van der Waals surface area contributed by atoms with Crippen molar-refractivity contribution < 1.29 is 27.7 Å². The first kappa shape index (κ1) is 36.5. The van der Waals surface area contributed by atoms with Crippen LogP contribution in [0.5, 0.6) is 11.6 Å². The summed E-state index contributed by atoms with van der Waals surface area (Å²) in [5, 5.41) is 29.1. The maximum absolute atomic E-state index is 12.5. The quantitative estimate of drug-likeness (QED) is 0.0542. The van der Waals surface area contributed by atoms with Crippen LogP contribution in [0.1, 0.15) is 58.1 Å². The van der Waals surface area contributed by atoms with Gasteiger partial charge in [0.1, 0.15) is 36.6 Å². The van der Waals surface area contributed by atoms with Crippen LogP contribution in [0.15, 0.2) is 42.0 Å². The molecule has 1 aliphatic heterocycles. The third-order valence-electron chi connectivity index (χ3n) is 8.65. The Labute approximate surface area is 289 Å². The van der Waals surface area contributed by atoms with Crippen molar-refractivity contribution in [1.29, 1.82) is 16.2 Å². The number of nitrogens with one attached hydrogen (secondary N) is 3. The van der Waals surface area contributed by atoms with E-state index < -0.39 is 12.7 Å². The molecule has 0 radical (unpaired) electrons. The maximum atomic E-state index is 12.5. The lowest BCUT2D eigenvalue weighted by Gasteiger charge is -2.42. The van der Waals surface area contributed by atoms with Crippen molar-refractivity contribution in [3.63, 3.8) is 0 Å². The lowest BCUT2D eigenvalue weighted by atomic mass is 9.89. The highest BCUT2D eigenvalue weighted by molar-refractivity contribution is 5.67. The van der Waals surface area contributed by atoms with Gasteiger partial charge >= 0.3 is 6.61 Å². The monoisotopic (exact) mass is 695 g/mol. The molecular weight excluding hydrogens is 652 g/mol. The number of nitriles is 1. The standard InChI is InChI=1S/C33H43F2N11O4/c1-21-16-44(17-22(2)49-21)27-6-8-28(9-7-27)46-19-29(31(42-46)47-10-11-48-32(34)35)41-33-39-14-26(15-40-33)24-4-5-25(13-36)30(12-24)50-23(3)18-45(20-37)43-38/h4-5,12,14-15,19-23,27-28,32,37-38H,6-11,16-18H2,1-3H3,(H,39,40,41)/t21-,22?,23-,27?,28?/m0/s1. The van der Waals surface area contributed by atoms with Gasteiger partial charge in [-0.3, -0.25) is 15.0 Å². The molecule has 0 amide bonds. The van der Waals surface area contributed by atoms with Gasteiger partial charge in [0.2, 0.25) is 5.95 Å². The predicted octanol–water partition coefficient (Wildman–Crippen LogP) is 5.79. The fourth-order valence-corrected chi connectivity index (χ4v) is 6.43. The first-order chi connectivity index (χ1) is 24.1. The number of morpholine rings is 1. The summed E-state index contributed by atoms with van der Waals surface area (Å²) >= 11 is 0. The van der Waals surface area contributed by atoms with Crippen molar-refractivity contribution in [2.45, 2.75) is 83.5 Å². The number of nitrogens with zero attached hydrogens (tertiary/aromatic N) is 8. The van der Waals surface area contributed by atoms with Crippen LogP contribution in [0.4, 0.5) is 20.4 Å². The van der Waals surface area contributed by atoms with Gasteiger partial charge in [-0.1, -0.05) is 11.3 Å². The van der Waals surface area contributed by atoms with Crippen LogP contribution >= 0.6 is 0 Å². The number of aromatic nitrogens is 4. The van der Waals surface area contributed by atoms with Gasteiger partial charge in [-0.25, -0.2) is 15.0 Å². The zero-order valence-corrected chi connectivity index (χ0v) is 28.3. The number of hydrogen-bond donors (Lipinski definition) is 3. The summed E-state index contributed by atoms with van der Waals surface area (Å²) in [4.78, 5) is 11.5. The molecule has 268 valence electrons. The molecule has 3 heterocycles. The minimum Gasteiger partial charge on any atom is -0.487 e. The van der Waals surface area contributed by atoms with Gasteiger partial charge in [0, 0.05) is 37.1 Å². The maximum Gasteiger partial charge on any atom is 0.345 e. The van der Waals surface area contributed by atoms with E-state index in [1.807, 2.05) is 10.9 Å².